The van der Waals surface area contributed by atoms with Gasteiger partial charge in [-0.2, -0.15) is 13.2 Å². The molecule has 2 aromatic rings. The summed E-state index contributed by atoms with van der Waals surface area (Å²) in [5.74, 6) is -1.55. The molecule has 1 N–H and O–H groups in total. The van der Waals surface area contributed by atoms with Crippen LogP contribution in [0.2, 0.25) is 0 Å². The van der Waals surface area contributed by atoms with E-state index in [4.69, 9.17) is 9.15 Å². The SMILES string of the molecule is CC(Nc1ccc(C(F)(F)F)cc1[N+](=O)[O-])C(=O)OCC(=O)N1CCN(C(=O)c2ccco2)CC1. The van der Waals surface area contributed by atoms with Gasteiger partial charge in [0.2, 0.25) is 0 Å². The fourth-order valence-electron chi connectivity index (χ4n) is 3.34. The van der Waals surface area contributed by atoms with Crippen LogP contribution < -0.4 is 5.32 Å². The Hall–Kier alpha value is -4.10. The van der Waals surface area contributed by atoms with Crippen molar-refractivity contribution in [3.63, 3.8) is 0 Å². The van der Waals surface area contributed by atoms with Gasteiger partial charge in [-0.25, -0.2) is 4.79 Å². The number of anilines is 1. The van der Waals surface area contributed by atoms with Gasteiger partial charge in [-0.05, 0) is 31.2 Å². The Kier molecular flexibility index (Phi) is 7.62. The zero-order valence-electron chi connectivity index (χ0n) is 18.4. The number of ether oxygens (including phenoxy) is 1. The average molecular weight is 498 g/mol. The van der Waals surface area contributed by atoms with Gasteiger partial charge >= 0.3 is 12.1 Å². The highest BCUT2D eigenvalue weighted by Gasteiger charge is 2.33. The van der Waals surface area contributed by atoms with Crippen molar-refractivity contribution in [1.29, 1.82) is 0 Å². The Labute approximate surface area is 196 Å². The van der Waals surface area contributed by atoms with E-state index in [-0.39, 0.29) is 43.5 Å². The van der Waals surface area contributed by atoms with Gasteiger partial charge in [0.15, 0.2) is 12.4 Å². The monoisotopic (exact) mass is 498 g/mol. The lowest BCUT2D eigenvalue weighted by atomic mass is 10.1. The lowest BCUT2D eigenvalue weighted by Crippen LogP contribution is -2.51. The van der Waals surface area contributed by atoms with Crippen molar-refractivity contribution < 1.29 is 41.6 Å². The van der Waals surface area contributed by atoms with Crippen molar-refractivity contribution in [3.8, 4) is 0 Å². The van der Waals surface area contributed by atoms with Gasteiger partial charge in [-0.1, -0.05) is 0 Å². The maximum absolute atomic E-state index is 12.8. The summed E-state index contributed by atoms with van der Waals surface area (Å²) in [4.78, 5) is 50.0. The Bertz CT molecular complexity index is 1100. The van der Waals surface area contributed by atoms with Crippen LogP contribution in [0.1, 0.15) is 23.0 Å². The number of rotatable bonds is 7. The molecule has 1 aromatic carbocycles. The van der Waals surface area contributed by atoms with Gasteiger partial charge in [0.1, 0.15) is 11.7 Å². The molecule has 0 saturated carbocycles. The van der Waals surface area contributed by atoms with E-state index in [0.717, 1.165) is 6.07 Å². The van der Waals surface area contributed by atoms with E-state index in [9.17, 15) is 37.7 Å². The lowest BCUT2D eigenvalue weighted by molar-refractivity contribution is -0.384. The number of benzene rings is 1. The van der Waals surface area contributed by atoms with Crippen LogP contribution in [0.3, 0.4) is 0 Å². The molecule has 1 aliphatic heterocycles. The first-order chi connectivity index (χ1) is 16.5. The third-order valence-electron chi connectivity index (χ3n) is 5.24. The quantitative estimate of drug-likeness (QED) is 0.350. The molecule has 1 atom stereocenters. The fourth-order valence-corrected chi connectivity index (χ4v) is 3.34. The molecule has 1 fully saturated rings. The van der Waals surface area contributed by atoms with Crippen molar-refractivity contribution in [2.75, 3.05) is 38.1 Å². The number of nitro benzene ring substituents is 1. The molecule has 3 rings (SSSR count). The van der Waals surface area contributed by atoms with Gasteiger partial charge in [-0.3, -0.25) is 19.7 Å². The number of alkyl halides is 3. The summed E-state index contributed by atoms with van der Waals surface area (Å²) < 4.78 is 48.5. The average Bonchev–Trinajstić information content (AvgIpc) is 3.36. The minimum absolute atomic E-state index is 0.188. The van der Waals surface area contributed by atoms with E-state index in [2.05, 4.69) is 5.32 Å². The first kappa shape index (κ1) is 25.5. The highest BCUT2D eigenvalue weighted by atomic mass is 19.4. The number of nitrogens with one attached hydrogen (secondary N) is 1. The van der Waals surface area contributed by atoms with Crippen molar-refractivity contribution in [1.82, 2.24) is 9.80 Å². The summed E-state index contributed by atoms with van der Waals surface area (Å²) in [6.45, 7) is 1.63. The predicted molar refractivity (Wildman–Crippen MR) is 113 cm³/mol. The van der Waals surface area contributed by atoms with E-state index in [1.54, 1.807) is 6.07 Å². The highest BCUT2D eigenvalue weighted by molar-refractivity contribution is 5.91. The predicted octanol–water partition coefficient (Wildman–Crippen LogP) is 2.53. The number of piperazine rings is 1. The Morgan fingerprint density at radius 3 is 2.40 bits per heavy atom. The maximum atomic E-state index is 12.8. The second-order valence-corrected chi connectivity index (χ2v) is 7.61. The van der Waals surface area contributed by atoms with Crippen LogP contribution in [0.25, 0.3) is 0 Å². The van der Waals surface area contributed by atoms with Gasteiger partial charge in [0, 0.05) is 32.2 Å². The number of esters is 1. The summed E-state index contributed by atoms with van der Waals surface area (Å²) >= 11 is 0. The molecule has 2 amide bonds. The molecule has 0 bridgehead atoms. The number of amides is 2. The first-order valence-electron chi connectivity index (χ1n) is 10.4. The second-order valence-electron chi connectivity index (χ2n) is 7.61. The van der Waals surface area contributed by atoms with Gasteiger partial charge in [0.25, 0.3) is 17.5 Å². The molecule has 0 aliphatic carbocycles. The van der Waals surface area contributed by atoms with E-state index < -0.39 is 46.9 Å². The van der Waals surface area contributed by atoms with Crippen LogP contribution in [0, 0.1) is 10.1 Å². The second kappa shape index (κ2) is 10.4. The molecule has 1 aliphatic rings. The summed E-state index contributed by atoms with van der Waals surface area (Å²) in [5, 5.41) is 13.6. The number of hydrogen-bond donors (Lipinski definition) is 1. The molecule has 0 spiro atoms. The van der Waals surface area contributed by atoms with Crippen molar-refractivity contribution in [2.45, 2.75) is 19.1 Å². The highest BCUT2D eigenvalue weighted by Crippen LogP contribution is 2.35. The summed E-state index contributed by atoms with van der Waals surface area (Å²) in [6, 6.07) is 3.79. The van der Waals surface area contributed by atoms with Crippen LogP contribution in [-0.2, 0) is 20.5 Å². The van der Waals surface area contributed by atoms with Crippen LogP contribution in [0.5, 0.6) is 0 Å². The van der Waals surface area contributed by atoms with Crippen LogP contribution in [-0.4, -0.2) is 71.3 Å². The number of carbonyl (C=O) groups is 3. The molecule has 11 nitrogen and oxygen atoms in total. The van der Waals surface area contributed by atoms with Crippen LogP contribution in [0.15, 0.2) is 41.0 Å². The smallest absolute Gasteiger partial charge is 0.416 e. The number of nitrogens with zero attached hydrogens (tertiary/aromatic N) is 3. The fraction of sp³-hybridized carbons (Fsp3) is 0.381. The molecular weight excluding hydrogens is 477 g/mol. The minimum atomic E-state index is -4.77. The van der Waals surface area contributed by atoms with E-state index in [0.29, 0.717) is 12.1 Å². The molecule has 0 radical (unpaired) electrons. The summed E-state index contributed by atoms with van der Waals surface area (Å²) in [7, 11) is 0. The summed E-state index contributed by atoms with van der Waals surface area (Å²) in [6.07, 6.45) is -3.39. The van der Waals surface area contributed by atoms with Crippen molar-refractivity contribution in [2.24, 2.45) is 0 Å². The lowest BCUT2D eigenvalue weighted by Gasteiger charge is -2.34. The van der Waals surface area contributed by atoms with Gasteiger partial charge in [-0.15, -0.1) is 0 Å². The zero-order chi connectivity index (χ0) is 25.8. The molecule has 1 aromatic heterocycles. The first-order valence-corrected chi connectivity index (χ1v) is 10.4. The van der Waals surface area contributed by atoms with Crippen LogP contribution in [0.4, 0.5) is 24.5 Å². The molecular formula is C21H21F3N4O7. The third kappa shape index (κ3) is 6.28. The molecule has 35 heavy (non-hydrogen) atoms. The Morgan fingerprint density at radius 1 is 1.17 bits per heavy atom. The van der Waals surface area contributed by atoms with Crippen molar-refractivity contribution in [3.05, 3.63) is 58.0 Å². The van der Waals surface area contributed by atoms with Gasteiger partial charge in [0.05, 0.1) is 16.7 Å². The molecule has 188 valence electrons. The topological polar surface area (TPSA) is 135 Å². The van der Waals surface area contributed by atoms with Crippen molar-refractivity contribution >= 4 is 29.2 Å². The number of halogens is 3. The number of nitro groups is 1. The van der Waals surface area contributed by atoms with E-state index >= 15 is 0 Å². The Balaban J connectivity index is 1.50. The largest absolute Gasteiger partial charge is 0.459 e. The number of furan rings is 1. The molecule has 1 saturated heterocycles. The number of carbonyl (C=O) groups excluding carboxylic acids is 3. The zero-order valence-corrected chi connectivity index (χ0v) is 18.4. The molecule has 1 unspecified atom stereocenters. The van der Waals surface area contributed by atoms with Crippen LogP contribution >= 0.6 is 0 Å². The normalized spacial score (nSPS) is 14.9. The van der Waals surface area contributed by atoms with E-state index in [1.807, 2.05) is 0 Å². The standard InChI is InChI=1S/C21H21F3N4O7/c1-13(25-15-5-4-14(21(22,23)24)11-16(15)28(32)33)20(31)35-12-18(29)26-6-8-27(9-7-26)19(30)17-3-2-10-34-17/h2-5,10-11,13,25H,6-9,12H2,1H3. The number of hydrogen-bond acceptors (Lipinski definition) is 8. The maximum Gasteiger partial charge on any atom is 0.416 e. The summed E-state index contributed by atoms with van der Waals surface area (Å²) in [5.41, 5.74) is -2.38. The molecule has 2 heterocycles. The van der Waals surface area contributed by atoms with Gasteiger partial charge < -0.3 is 24.3 Å². The third-order valence-corrected chi connectivity index (χ3v) is 5.24. The molecule has 14 heteroatoms. The Morgan fingerprint density at radius 2 is 1.83 bits per heavy atom. The minimum Gasteiger partial charge on any atom is -0.459 e. The van der Waals surface area contributed by atoms with E-state index in [1.165, 1.54) is 29.1 Å².